The van der Waals surface area contributed by atoms with Gasteiger partial charge in [-0.2, -0.15) is 0 Å². The molecule has 0 amide bonds. The first-order valence-corrected chi connectivity index (χ1v) is 4.63. The Bertz CT molecular complexity index is 141. The van der Waals surface area contributed by atoms with Gasteiger partial charge < -0.3 is 4.74 Å². The quantitative estimate of drug-likeness (QED) is 0.601. The molecule has 1 rings (SSSR count). The SMILES string of the molecule is [NH]CC(=O)OCC1CCCCC1. The molecule has 12 heavy (non-hydrogen) atoms. The summed E-state index contributed by atoms with van der Waals surface area (Å²) < 4.78 is 4.90. The molecule has 1 aliphatic rings. The van der Waals surface area contributed by atoms with E-state index in [4.69, 9.17) is 10.5 Å². The van der Waals surface area contributed by atoms with Crippen LogP contribution in [0, 0.1) is 5.92 Å². The molecule has 0 unspecified atom stereocenters. The molecule has 0 saturated heterocycles. The van der Waals surface area contributed by atoms with E-state index in [2.05, 4.69) is 0 Å². The summed E-state index contributed by atoms with van der Waals surface area (Å²) in [6.07, 6.45) is 6.23. The zero-order valence-corrected chi connectivity index (χ0v) is 7.34. The normalized spacial score (nSPS) is 19.1. The van der Waals surface area contributed by atoms with Gasteiger partial charge in [0.05, 0.1) is 6.61 Å². The van der Waals surface area contributed by atoms with Gasteiger partial charge in [-0.15, -0.1) is 0 Å². The molecular weight excluding hydrogens is 154 g/mol. The van der Waals surface area contributed by atoms with Gasteiger partial charge in [-0.25, -0.2) is 5.73 Å². The Kier molecular flexibility index (Phi) is 4.08. The molecule has 0 spiro atoms. The van der Waals surface area contributed by atoms with E-state index in [1.807, 2.05) is 0 Å². The number of nitrogens with one attached hydrogen (secondary N) is 1. The summed E-state index contributed by atoms with van der Waals surface area (Å²) in [6, 6.07) is 0. The van der Waals surface area contributed by atoms with E-state index < -0.39 is 0 Å². The number of esters is 1. The highest BCUT2D eigenvalue weighted by molar-refractivity contribution is 5.71. The molecule has 0 aromatic rings. The van der Waals surface area contributed by atoms with Gasteiger partial charge in [-0.05, 0) is 18.8 Å². The van der Waals surface area contributed by atoms with E-state index in [-0.39, 0.29) is 12.5 Å². The summed E-state index contributed by atoms with van der Waals surface area (Å²) in [4.78, 5) is 10.6. The molecule has 0 bridgehead atoms. The van der Waals surface area contributed by atoms with Crippen molar-refractivity contribution in [3.05, 3.63) is 0 Å². The van der Waals surface area contributed by atoms with Gasteiger partial charge in [0.15, 0.2) is 0 Å². The van der Waals surface area contributed by atoms with Crippen LogP contribution >= 0.6 is 0 Å². The number of hydrogen-bond acceptors (Lipinski definition) is 2. The van der Waals surface area contributed by atoms with E-state index >= 15 is 0 Å². The van der Waals surface area contributed by atoms with Crippen LogP contribution in [0.4, 0.5) is 0 Å². The summed E-state index contributed by atoms with van der Waals surface area (Å²) in [5.41, 5.74) is 6.75. The molecule has 0 aliphatic heterocycles. The van der Waals surface area contributed by atoms with Crippen molar-refractivity contribution in [3.63, 3.8) is 0 Å². The third kappa shape index (κ3) is 3.22. The zero-order valence-electron chi connectivity index (χ0n) is 7.34. The third-order valence-corrected chi connectivity index (χ3v) is 2.35. The Morgan fingerprint density at radius 2 is 2.00 bits per heavy atom. The van der Waals surface area contributed by atoms with Crippen LogP contribution in [0.25, 0.3) is 0 Å². The predicted octanol–water partition coefficient (Wildman–Crippen LogP) is 1.39. The highest BCUT2D eigenvalue weighted by Gasteiger charge is 2.14. The molecule has 1 radical (unpaired) electrons. The van der Waals surface area contributed by atoms with Crippen molar-refractivity contribution < 1.29 is 9.53 Å². The van der Waals surface area contributed by atoms with Crippen LogP contribution in [0.5, 0.6) is 0 Å². The summed E-state index contributed by atoms with van der Waals surface area (Å²) in [7, 11) is 0. The van der Waals surface area contributed by atoms with Crippen LogP contribution < -0.4 is 5.73 Å². The third-order valence-electron chi connectivity index (χ3n) is 2.35. The number of carbonyl (C=O) groups excluding carboxylic acids is 1. The topological polar surface area (TPSA) is 50.1 Å². The van der Waals surface area contributed by atoms with Crippen LogP contribution in [0.2, 0.25) is 0 Å². The van der Waals surface area contributed by atoms with E-state index in [1.54, 1.807) is 0 Å². The highest BCUT2D eigenvalue weighted by atomic mass is 16.5. The van der Waals surface area contributed by atoms with Gasteiger partial charge in [-0.3, -0.25) is 4.79 Å². The lowest BCUT2D eigenvalue weighted by Crippen LogP contribution is -2.18. The Balaban J connectivity index is 2.09. The van der Waals surface area contributed by atoms with E-state index in [9.17, 15) is 4.79 Å². The average Bonchev–Trinajstić information content (AvgIpc) is 2.16. The van der Waals surface area contributed by atoms with Crippen molar-refractivity contribution in [2.75, 3.05) is 13.2 Å². The van der Waals surface area contributed by atoms with E-state index in [1.165, 1.54) is 32.1 Å². The van der Waals surface area contributed by atoms with Gasteiger partial charge in [0.1, 0.15) is 6.54 Å². The second-order valence-electron chi connectivity index (χ2n) is 3.36. The number of ether oxygens (including phenoxy) is 1. The fourth-order valence-corrected chi connectivity index (χ4v) is 1.62. The van der Waals surface area contributed by atoms with Crippen molar-refractivity contribution in [2.24, 2.45) is 5.92 Å². The van der Waals surface area contributed by atoms with Gasteiger partial charge >= 0.3 is 5.97 Å². The van der Waals surface area contributed by atoms with Gasteiger partial charge in [0.2, 0.25) is 0 Å². The fourth-order valence-electron chi connectivity index (χ4n) is 1.62. The molecule has 1 saturated carbocycles. The van der Waals surface area contributed by atoms with Gasteiger partial charge in [0.25, 0.3) is 0 Å². The van der Waals surface area contributed by atoms with Gasteiger partial charge in [-0.1, -0.05) is 19.3 Å². The van der Waals surface area contributed by atoms with Crippen molar-refractivity contribution in [2.45, 2.75) is 32.1 Å². The first-order valence-electron chi connectivity index (χ1n) is 4.63. The standard InChI is InChI=1S/C9H16NO2/c10-6-9(11)12-7-8-4-2-1-3-5-8/h8,10H,1-7H2. The van der Waals surface area contributed by atoms with E-state index in [0.717, 1.165) is 0 Å². The van der Waals surface area contributed by atoms with Crippen LogP contribution in [-0.4, -0.2) is 19.1 Å². The molecule has 1 N–H and O–H groups in total. The molecule has 1 fully saturated rings. The average molecular weight is 170 g/mol. The number of rotatable bonds is 3. The molecule has 1 aliphatic carbocycles. The maximum Gasteiger partial charge on any atom is 0.321 e. The minimum Gasteiger partial charge on any atom is -0.464 e. The van der Waals surface area contributed by atoms with Gasteiger partial charge in [0, 0.05) is 0 Å². The van der Waals surface area contributed by atoms with Crippen molar-refractivity contribution >= 4 is 5.97 Å². The van der Waals surface area contributed by atoms with Crippen LogP contribution in [-0.2, 0) is 9.53 Å². The second kappa shape index (κ2) is 5.14. The van der Waals surface area contributed by atoms with E-state index in [0.29, 0.717) is 12.5 Å². The lowest BCUT2D eigenvalue weighted by atomic mass is 9.90. The lowest BCUT2D eigenvalue weighted by Gasteiger charge is -2.20. The van der Waals surface area contributed by atoms with Crippen molar-refractivity contribution in [1.29, 1.82) is 0 Å². The zero-order chi connectivity index (χ0) is 8.81. The number of hydrogen-bond donors (Lipinski definition) is 0. The summed E-state index contributed by atoms with van der Waals surface area (Å²) >= 11 is 0. The molecule has 69 valence electrons. The Hall–Kier alpha value is -0.570. The smallest absolute Gasteiger partial charge is 0.321 e. The number of carbonyl (C=O) groups is 1. The molecule has 0 atom stereocenters. The Labute approximate surface area is 73.3 Å². The largest absolute Gasteiger partial charge is 0.464 e. The Morgan fingerprint density at radius 1 is 1.33 bits per heavy atom. The lowest BCUT2D eigenvalue weighted by molar-refractivity contribution is -0.143. The van der Waals surface area contributed by atoms with Crippen LogP contribution in [0.1, 0.15) is 32.1 Å². The fraction of sp³-hybridized carbons (Fsp3) is 0.889. The predicted molar refractivity (Wildman–Crippen MR) is 45.5 cm³/mol. The first kappa shape index (κ1) is 9.52. The summed E-state index contributed by atoms with van der Waals surface area (Å²) in [5.74, 6) is 0.176. The minimum atomic E-state index is -0.388. The van der Waals surface area contributed by atoms with Crippen molar-refractivity contribution in [3.8, 4) is 0 Å². The maximum atomic E-state index is 10.6. The van der Waals surface area contributed by atoms with Crippen molar-refractivity contribution in [1.82, 2.24) is 5.73 Å². The van der Waals surface area contributed by atoms with Crippen LogP contribution in [0.3, 0.4) is 0 Å². The van der Waals surface area contributed by atoms with Crippen LogP contribution in [0.15, 0.2) is 0 Å². The summed E-state index contributed by atoms with van der Waals surface area (Å²) in [5, 5.41) is 0. The monoisotopic (exact) mass is 170 g/mol. The Morgan fingerprint density at radius 3 is 2.58 bits per heavy atom. The highest BCUT2D eigenvalue weighted by Crippen LogP contribution is 2.23. The minimum absolute atomic E-state index is 0.243. The first-order chi connectivity index (χ1) is 5.83. The molecule has 0 aromatic heterocycles. The second-order valence-corrected chi connectivity index (χ2v) is 3.36. The maximum absolute atomic E-state index is 10.6. The molecule has 0 heterocycles. The molecule has 3 nitrogen and oxygen atoms in total. The molecular formula is C9H16NO2. The summed E-state index contributed by atoms with van der Waals surface area (Å²) in [6.45, 7) is 0.296. The molecule has 3 heteroatoms. The molecule has 0 aromatic carbocycles.